The molecule has 0 aromatic heterocycles. The lowest BCUT2D eigenvalue weighted by atomic mass is 9.48. The Kier molecular flexibility index (Phi) is 4.62. The summed E-state index contributed by atoms with van der Waals surface area (Å²) in [5, 5.41) is 4.40. The van der Waals surface area contributed by atoms with Crippen LogP contribution in [0.15, 0.2) is 24.3 Å². The van der Waals surface area contributed by atoms with E-state index in [4.69, 9.17) is 23.2 Å². The Morgan fingerprint density at radius 2 is 1.76 bits per heavy atom. The van der Waals surface area contributed by atoms with E-state index < -0.39 is 0 Å². The molecular formula is C21H25Cl2NO. The van der Waals surface area contributed by atoms with Crippen LogP contribution in [0.2, 0.25) is 10.0 Å². The van der Waals surface area contributed by atoms with E-state index in [2.05, 4.69) is 12.2 Å². The second kappa shape index (κ2) is 6.63. The highest BCUT2D eigenvalue weighted by atomic mass is 35.5. The maximum atomic E-state index is 12.4. The number of rotatable bonds is 4. The Balaban J connectivity index is 1.41. The Bertz CT molecular complexity index is 677. The van der Waals surface area contributed by atoms with Gasteiger partial charge in [0.2, 0.25) is 5.91 Å². The van der Waals surface area contributed by atoms with Gasteiger partial charge in [0.15, 0.2) is 0 Å². The smallest absolute Gasteiger partial charge is 0.244 e. The highest BCUT2D eigenvalue weighted by Gasteiger charge is 2.53. The molecule has 5 rings (SSSR count). The normalized spacial score (nSPS) is 34.4. The molecule has 134 valence electrons. The molecule has 1 aromatic rings. The Hall–Kier alpha value is -0.990. The molecule has 1 amide bonds. The SMILES string of the molecule is CC(NC(=O)C=Cc1ccc(Cl)cc1Cl)C12CC3CC(CC(C3)C1)C2. The number of nitrogens with one attached hydrogen (secondary N) is 1. The monoisotopic (exact) mass is 377 g/mol. The Labute approximate surface area is 160 Å². The molecule has 2 nitrogen and oxygen atoms in total. The highest BCUT2D eigenvalue weighted by molar-refractivity contribution is 6.35. The van der Waals surface area contributed by atoms with Crippen LogP contribution in [0.1, 0.15) is 51.0 Å². The van der Waals surface area contributed by atoms with Crippen LogP contribution in [-0.2, 0) is 4.79 Å². The molecule has 4 heteroatoms. The largest absolute Gasteiger partial charge is 0.350 e. The highest BCUT2D eigenvalue weighted by Crippen LogP contribution is 2.61. The van der Waals surface area contributed by atoms with E-state index in [1.165, 1.54) is 38.5 Å². The average Bonchev–Trinajstić information content (AvgIpc) is 2.52. The fourth-order valence-corrected chi connectivity index (χ4v) is 6.40. The molecule has 4 aliphatic rings. The summed E-state index contributed by atoms with van der Waals surface area (Å²) < 4.78 is 0. The summed E-state index contributed by atoms with van der Waals surface area (Å²) in [7, 11) is 0. The summed E-state index contributed by atoms with van der Waals surface area (Å²) in [6.45, 7) is 2.20. The van der Waals surface area contributed by atoms with E-state index in [0.717, 1.165) is 23.3 Å². The van der Waals surface area contributed by atoms with Gasteiger partial charge < -0.3 is 5.32 Å². The molecule has 4 aliphatic carbocycles. The lowest BCUT2D eigenvalue weighted by Gasteiger charge is -2.59. The van der Waals surface area contributed by atoms with Crippen LogP contribution in [0, 0.1) is 23.2 Å². The van der Waals surface area contributed by atoms with Crippen molar-refractivity contribution in [2.45, 2.75) is 51.5 Å². The van der Waals surface area contributed by atoms with Crippen molar-refractivity contribution in [2.24, 2.45) is 23.2 Å². The van der Waals surface area contributed by atoms with Crippen molar-refractivity contribution in [1.29, 1.82) is 0 Å². The zero-order chi connectivity index (χ0) is 17.6. The molecule has 4 saturated carbocycles. The maximum absolute atomic E-state index is 12.4. The summed E-state index contributed by atoms with van der Waals surface area (Å²) in [6.07, 6.45) is 11.5. The molecule has 0 radical (unpaired) electrons. The van der Waals surface area contributed by atoms with Gasteiger partial charge in [-0.15, -0.1) is 0 Å². The third-order valence-corrected chi connectivity index (χ3v) is 7.30. The first-order valence-electron chi connectivity index (χ1n) is 9.37. The minimum Gasteiger partial charge on any atom is -0.350 e. The molecule has 0 heterocycles. The molecule has 1 atom stereocenters. The van der Waals surface area contributed by atoms with Gasteiger partial charge in [0.05, 0.1) is 0 Å². The molecular weight excluding hydrogens is 353 g/mol. The van der Waals surface area contributed by atoms with Crippen molar-refractivity contribution in [1.82, 2.24) is 5.32 Å². The number of amides is 1. The van der Waals surface area contributed by atoms with E-state index in [0.29, 0.717) is 15.5 Å². The predicted molar refractivity (Wildman–Crippen MR) is 104 cm³/mol. The van der Waals surface area contributed by atoms with Crippen molar-refractivity contribution < 1.29 is 4.79 Å². The topological polar surface area (TPSA) is 29.1 Å². The minimum atomic E-state index is -0.0331. The third-order valence-electron chi connectivity index (χ3n) is 6.74. The Morgan fingerprint density at radius 1 is 1.16 bits per heavy atom. The molecule has 1 aromatic carbocycles. The van der Waals surface area contributed by atoms with Crippen molar-refractivity contribution in [3.63, 3.8) is 0 Å². The summed E-state index contributed by atoms with van der Waals surface area (Å²) in [4.78, 5) is 12.4. The molecule has 0 spiro atoms. The number of hydrogen-bond donors (Lipinski definition) is 1. The quantitative estimate of drug-likeness (QED) is 0.667. The molecule has 4 fully saturated rings. The molecule has 25 heavy (non-hydrogen) atoms. The standard InChI is InChI=1S/C21H25Cl2NO/c1-13(21-10-14-6-15(11-21)8-16(7-14)12-21)24-20(25)5-3-17-2-4-18(22)9-19(17)23/h2-5,9,13-16H,6-8,10-12H2,1H3,(H,24,25). The molecule has 0 aliphatic heterocycles. The number of halogens is 2. The lowest BCUT2D eigenvalue weighted by Crippen LogP contribution is -2.55. The van der Waals surface area contributed by atoms with Crippen molar-refractivity contribution >= 4 is 35.2 Å². The summed E-state index contributed by atoms with van der Waals surface area (Å²) in [5.41, 5.74) is 1.14. The zero-order valence-corrected chi connectivity index (χ0v) is 16.1. The van der Waals surface area contributed by atoms with Crippen LogP contribution in [0.25, 0.3) is 6.08 Å². The van der Waals surface area contributed by atoms with Crippen molar-refractivity contribution in [3.05, 3.63) is 39.9 Å². The fraction of sp³-hybridized carbons (Fsp3) is 0.571. The summed E-state index contributed by atoms with van der Waals surface area (Å²) >= 11 is 12.1. The van der Waals surface area contributed by atoms with E-state index >= 15 is 0 Å². The van der Waals surface area contributed by atoms with Crippen LogP contribution in [0.4, 0.5) is 0 Å². The van der Waals surface area contributed by atoms with Gasteiger partial charge in [0, 0.05) is 22.2 Å². The van der Waals surface area contributed by atoms with Crippen molar-refractivity contribution in [3.8, 4) is 0 Å². The fourth-order valence-electron chi connectivity index (χ4n) is 5.92. The van der Waals surface area contributed by atoms with Crippen LogP contribution in [0.3, 0.4) is 0 Å². The second-order valence-corrected chi connectivity index (χ2v) is 9.35. The third kappa shape index (κ3) is 3.48. The maximum Gasteiger partial charge on any atom is 0.244 e. The number of carbonyl (C=O) groups is 1. The minimum absolute atomic E-state index is 0.0331. The predicted octanol–water partition coefficient (Wildman–Crippen LogP) is 5.73. The van der Waals surface area contributed by atoms with Crippen LogP contribution in [-0.4, -0.2) is 11.9 Å². The molecule has 1 unspecified atom stereocenters. The van der Waals surface area contributed by atoms with Gasteiger partial charge in [-0.2, -0.15) is 0 Å². The number of benzene rings is 1. The lowest BCUT2D eigenvalue weighted by molar-refractivity contribution is -0.121. The van der Waals surface area contributed by atoms with Crippen LogP contribution < -0.4 is 5.32 Å². The van der Waals surface area contributed by atoms with E-state index in [-0.39, 0.29) is 11.9 Å². The van der Waals surface area contributed by atoms with Gasteiger partial charge in [0.1, 0.15) is 0 Å². The number of carbonyl (C=O) groups excluding carboxylic acids is 1. The summed E-state index contributed by atoms with van der Waals surface area (Å²) in [6, 6.07) is 5.54. The zero-order valence-electron chi connectivity index (χ0n) is 14.6. The van der Waals surface area contributed by atoms with Crippen LogP contribution >= 0.6 is 23.2 Å². The van der Waals surface area contributed by atoms with E-state index in [9.17, 15) is 4.79 Å². The first kappa shape index (κ1) is 17.4. The molecule has 1 N–H and O–H groups in total. The second-order valence-electron chi connectivity index (χ2n) is 8.51. The van der Waals surface area contributed by atoms with Gasteiger partial charge in [-0.25, -0.2) is 0 Å². The average molecular weight is 378 g/mol. The molecule has 4 bridgehead atoms. The van der Waals surface area contributed by atoms with Crippen LogP contribution in [0.5, 0.6) is 0 Å². The first-order chi connectivity index (χ1) is 11.9. The van der Waals surface area contributed by atoms with Gasteiger partial charge >= 0.3 is 0 Å². The van der Waals surface area contributed by atoms with Gasteiger partial charge in [-0.3, -0.25) is 4.79 Å². The Morgan fingerprint density at radius 3 is 2.32 bits per heavy atom. The first-order valence-corrected chi connectivity index (χ1v) is 10.1. The van der Waals surface area contributed by atoms with Gasteiger partial charge in [-0.05, 0) is 92.4 Å². The summed E-state index contributed by atoms with van der Waals surface area (Å²) in [5.74, 6) is 2.66. The van der Waals surface area contributed by atoms with Crippen molar-refractivity contribution in [2.75, 3.05) is 0 Å². The number of hydrogen-bond acceptors (Lipinski definition) is 1. The van der Waals surface area contributed by atoms with E-state index in [1.54, 1.807) is 24.3 Å². The van der Waals surface area contributed by atoms with E-state index in [1.807, 2.05) is 6.07 Å². The van der Waals surface area contributed by atoms with Gasteiger partial charge in [0.25, 0.3) is 0 Å². The van der Waals surface area contributed by atoms with Gasteiger partial charge in [-0.1, -0.05) is 29.3 Å². The molecule has 0 saturated heterocycles.